The highest BCUT2D eigenvalue weighted by Crippen LogP contribution is 2.46. The quantitative estimate of drug-likeness (QED) is 0.564. The van der Waals surface area contributed by atoms with Crippen LogP contribution in [-0.4, -0.2) is 44.9 Å². The zero-order chi connectivity index (χ0) is 25.5. The third kappa shape index (κ3) is 4.55. The van der Waals surface area contributed by atoms with Gasteiger partial charge in [0, 0.05) is 23.8 Å². The summed E-state index contributed by atoms with van der Waals surface area (Å²) in [4.78, 5) is 32.1. The molecule has 1 amide bonds. The summed E-state index contributed by atoms with van der Waals surface area (Å²) in [5.74, 6) is -0.959. The van der Waals surface area contributed by atoms with Gasteiger partial charge in [0.2, 0.25) is 5.95 Å². The molecule has 2 atom stereocenters. The van der Waals surface area contributed by atoms with Crippen LogP contribution in [0.4, 0.5) is 19.1 Å². The number of nitrogens with one attached hydrogen (secondary N) is 1. The monoisotopic (exact) mass is 512 g/mol. The number of benzene rings is 1. The van der Waals surface area contributed by atoms with Crippen LogP contribution in [0.15, 0.2) is 59.9 Å². The minimum Gasteiger partial charge on any atom is -0.338 e. The van der Waals surface area contributed by atoms with E-state index in [4.69, 9.17) is 4.99 Å². The molecule has 186 valence electrons. The van der Waals surface area contributed by atoms with E-state index in [0.29, 0.717) is 28.7 Å². The van der Waals surface area contributed by atoms with Crippen molar-refractivity contribution in [2.24, 2.45) is 10.9 Å². The fraction of sp³-hybridized carbons (Fsp3) is 0.320. The minimum absolute atomic E-state index is 0.103. The lowest BCUT2D eigenvalue weighted by atomic mass is 9.85. The van der Waals surface area contributed by atoms with Crippen molar-refractivity contribution in [2.75, 3.05) is 23.7 Å². The third-order valence-corrected chi connectivity index (χ3v) is 7.31. The maximum Gasteiger partial charge on any atom is 0.257 e. The van der Waals surface area contributed by atoms with Crippen molar-refractivity contribution >= 4 is 28.8 Å². The standard InChI is InChI=1S/C25H23F3N6OS/c1-24(2,28)20-18(27)11-30-22(31-20)34-12-16-13-36-23(32-21(35)15-6-4-3-5-7-15)33-25(16,14-34)19-9-8-17(26)10-29-19/h3-11,16H,12-14H2,1-2H3,(H,32,33,35)/t16-,25?/m0/s1. The van der Waals surface area contributed by atoms with Crippen molar-refractivity contribution in [3.63, 3.8) is 0 Å². The van der Waals surface area contributed by atoms with Gasteiger partial charge in [-0.25, -0.2) is 28.1 Å². The number of fused-ring (bicyclic) bond motifs is 1. The number of alkyl halides is 1. The Labute approximate surface area is 210 Å². The molecule has 7 nitrogen and oxygen atoms in total. The Morgan fingerprint density at radius 3 is 2.61 bits per heavy atom. The van der Waals surface area contributed by atoms with Crippen molar-refractivity contribution < 1.29 is 18.0 Å². The van der Waals surface area contributed by atoms with E-state index in [-0.39, 0.29) is 30.0 Å². The molecule has 0 aliphatic carbocycles. The molecule has 1 saturated heterocycles. The van der Waals surface area contributed by atoms with E-state index in [0.717, 1.165) is 12.4 Å². The van der Waals surface area contributed by atoms with E-state index < -0.39 is 22.8 Å². The predicted molar refractivity (Wildman–Crippen MR) is 132 cm³/mol. The first kappa shape index (κ1) is 24.2. The van der Waals surface area contributed by atoms with E-state index >= 15 is 0 Å². The lowest BCUT2D eigenvalue weighted by Gasteiger charge is -2.34. The first-order valence-corrected chi connectivity index (χ1v) is 12.3. The van der Waals surface area contributed by atoms with Gasteiger partial charge in [0.1, 0.15) is 22.7 Å². The van der Waals surface area contributed by atoms with Crippen LogP contribution in [0.3, 0.4) is 0 Å². The second kappa shape index (κ2) is 9.20. The molecule has 0 spiro atoms. The van der Waals surface area contributed by atoms with Crippen molar-refractivity contribution in [1.82, 2.24) is 20.3 Å². The van der Waals surface area contributed by atoms with Gasteiger partial charge in [0.05, 0.1) is 24.6 Å². The number of aromatic nitrogens is 3. The Kier molecular flexibility index (Phi) is 6.19. The van der Waals surface area contributed by atoms with Crippen molar-refractivity contribution in [1.29, 1.82) is 0 Å². The molecule has 11 heteroatoms. The minimum atomic E-state index is -1.99. The zero-order valence-electron chi connectivity index (χ0n) is 19.6. The van der Waals surface area contributed by atoms with E-state index in [1.807, 2.05) is 6.07 Å². The molecular formula is C25H23F3N6OS. The highest BCUT2D eigenvalue weighted by atomic mass is 32.2. The van der Waals surface area contributed by atoms with Gasteiger partial charge in [-0.1, -0.05) is 30.0 Å². The number of aliphatic imine (C=N–C) groups is 1. The van der Waals surface area contributed by atoms with E-state index in [2.05, 4.69) is 20.3 Å². The molecule has 3 aromatic rings. The molecule has 2 aliphatic heterocycles. The average Bonchev–Trinajstić information content (AvgIpc) is 3.24. The van der Waals surface area contributed by atoms with Crippen LogP contribution in [0.25, 0.3) is 0 Å². The van der Waals surface area contributed by atoms with Gasteiger partial charge < -0.3 is 10.2 Å². The number of nitrogens with zero attached hydrogens (tertiary/aromatic N) is 5. The summed E-state index contributed by atoms with van der Waals surface area (Å²) < 4.78 is 42.5. The topological polar surface area (TPSA) is 83.4 Å². The van der Waals surface area contributed by atoms with Crippen LogP contribution in [0, 0.1) is 17.6 Å². The Morgan fingerprint density at radius 1 is 1.14 bits per heavy atom. The summed E-state index contributed by atoms with van der Waals surface area (Å²) in [7, 11) is 0. The lowest BCUT2D eigenvalue weighted by molar-refractivity contribution is 0.0977. The molecule has 2 aliphatic rings. The van der Waals surface area contributed by atoms with Crippen LogP contribution < -0.4 is 10.2 Å². The first-order valence-electron chi connectivity index (χ1n) is 11.3. The van der Waals surface area contributed by atoms with Crippen LogP contribution >= 0.6 is 11.8 Å². The maximum atomic E-state index is 14.6. The van der Waals surface area contributed by atoms with E-state index in [9.17, 15) is 18.0 Å². The van der Waals surface area contributed by atoms with Crippen molar-refractivity contribution in [2.45, 2.75) is 25.1 Å². The molecule has 1 N–H and O–H groups in total. The number of amidine groups is 1. The van der Waals surface area contributed by atoms with Crippen molar-refractivity contribution in [3.8, 4) is 0 Å². The number of thioether (sulfide) groups is 1. The largest absolute Gasteiger partial charge is 0.338 e. The molecule has 0 radical (unpaired) electrons. The average molecular weight is 513 g/mol. The third-order valence-electron chi connectivity index (χ3n) is 6.28. The summed E-state index contributed by atoms with van der Waals surface area (Å²) in [6.45, 7) is 3.14. The number of hydrogen-bond acceptors (Lipinski definition) is 7. The van der Waals surface area contributed by atoms with E-state index in [1.165, 1.54) is 31.7 Å². The van der Waals surface area contributed by atoms with Gasteiger partial charge in [0.15, 0.2) is 11.0 Å². The number of carbonyl (C=O) groups is 1. The summed E-state index contributed by atoms with van der Waals surface area (Å²) in [6, 6.07) is 11.7. The van der Waals surface area contributed by atoms with Gasteiger partial charge in [-0.2, -0.15) is 0 Å². The van der Waals surface area contributed by atoms with Crippen LogP contribution in [0.2, 0.25) is 0 Å². The van der Waals surface area contributed by atoms with Crippen LogP contribution in [0.1, 0.15) is 35.6 Å². The SMILES string of the molecule is CC(C)(F)c1nc(N2C[C@H]3CSC(NC(=O)c4ccccc4)=NC3(c3ccc(F)cn3)C2)ncc1F. The number of carbonyl (C=O) groups excluding carboxylic acids is 1. The Hall–Kier alpha value is -3.47. The Morgan fingerprint density at radius 2 is 1.92 bits per heavy atom. The summed E-state index contributed by atoms with van der Waals surface area (Å²) in [5, 5.41) is 3.28. The molecule has 1 fully saturated rings. The van der Waals surface area contributed by atoms with Crippen molar-refractivity contribution in [3.05, 3.63) is 83.4 Å². The van der Waals surface area contributed by atoms with Gasteiger partial charge in [-0.05, 0) is 38.1 Å². The lowest BCUT2D eigenvalue weighted by Crippen LogP contribution is -2.43. The van der Waals surface area contributed by atoms with E-state index in [1.54, 1.807) is 35.2 Å². The van der Waals surface area contributed by atoms with Gasteiger partial charge >= 0.3 is 0 Å². The van der Waals surface area contributed by atoms with Crippen LogP contribution in [0.5, 0.6) is 0 Å². The number of hydrogen-bond donors (Lipinski definition) is 1. The molecule has 0 bridgehead atoms. The second-order valence-corrected chi connectivity index (χ2v) is 10.3. The summed E-state index contributed by atoms with van der Waals surface area (Å²) >= 11 is 1.39. The number of pyridine rings is 1. The van der Waals surface area contributed by atoms with Gasteiger partial charge in [0.25, 0.3) is 5.91 Å². The predicted octanol–water partition coefficient (Wildman–Crippen LogP) is 4.22. The number of halogens is 3. The zero-order valence-corrected chi connectivity index (χ0v) is 20.4. The maximum absolute atomic E-state index is 14.6. The molecule has 1 aromatic carbocycles. The molecule has 1 unspecified atom stereocenters. The molecule has 2 aromatic heterocycles. The molecule has 5 rings (SSSR count). The van der Waals surface area contributed by atoms with Gasteiger partial charge in [-0.3, -0.25) is 9.78 Å². The molecule has 36 heavy (non-hydrogen) atoms. The highest BCUT2D eigenvalue weighted by Gasteiger charge is 2.52. The van der Waals surface area contributed by atoms with Crippen LogP contribution in [-0.2, 0) is 11.2 Å². The molecule has 0 saturated carbocycles. The molecular weight excluding hydrogens is 489 g/mol. The van der Waals surface area contributed by atoms with Gasteiger partial charge in [-0.15, -0.1) is 0 Å². The summed E-state index contributed by atoms with van der Waals surface area (Å²) in [5.41, 5.74) is -2.25. The highest BCUT2D eigenvalue weighted by molar-refractivity contribution is 8.13. The number of amides is 1. The number of anilines is 1. The second-order valence-electron chi connectivity index (χ2n) is 9.25. The Balaban J connectivity index is 1.52. The fourth-order valence-corrected chi connectivity index (χ4v) is 5.63. The first-order chi connectivity index (χ1) is 17.2. The molecule has 4 heterocycles. The smallest absolute Gasteiger partial charge is 0.257 e. The number of rotatable bonds is 4. The fourth-order valence-electron chi connectivity index (χ4n) is 4.49. The normalized spacial score (nSPS) is 21.6. The Bertz CT molecular complexity index is 1320. The summed E-state index contributed by atoms with van der Waals surface area (Å²) in [6.07, 6.45) is 2.09.